The summed E-state index contributed by atoms with van der Waals surface area (Å²) < 4.78 is 9.43. The van der Waals surface area contributed by atoms with Crippen LogP contribution in [0.3, 0.4) is 0 Å². The number of hydrogen-bond donors (Lipinski definition) is 0. The molecule has 6 aromatic carbocycles. The van der Waals surface area contributed by atoms with E-state index in [4.69, 9.17) is 15.0 Å². The Bertz CT molecular complexity index is 3740. The van der Waals surface area contributed by atoms with Crippen LogP contribution in [0.2, 0.25) is 0 Å². The van der Waals surface area contributed by atoms with Crippen molar-refractivity contribution in [2.45, 2.75) is 0 Å². The molecular formula is C47H26N6S. The Kier molecular flexibility index (Phi) is 5.42. The van der Waals surface area contributed by atoms with E-state index in [1.165, 1.54) is 69.1 Å². The summed E-state index contributed by atoms with van der Waals surface area (Å²) in [5.74, 6) is 0. The van der Waals surface area contributed by atoms with Crippen LogP contribution in [-0.4, -0.2) is 28.3 Å². The van der Waals surface area contributed by atoms with Crippen molar-refractivity contribution in [1.82, 2.24) is 28.3 Å². The van der Waals surface area contributed by atoms with Gasteiger partial charge in [0, 0.05) is 89.2 Å². The predicted molar refractivity (Wildman–Crippen MR) is 224 cm³/mol. The van der Waals surface area contributed by atoms with Gasteiger partial charge in [0.2, 0.25) is 0 Å². The molecule has 13 aromatic rings. The number of imidazole rings is 2. The van der Waals surface area contributed by atoms with Crippen molar-refractivity contribution in [3.63, 3.8) is 0 Å². The van der Waals surface area contributed by atoms with Gasteiger partial charge in [-0.15, -0.1) is 11.3 Å². The number of rotatable bonds is 2. The minimum atomic E-state index is 0.873. The second-order valence-corrected chi connectivity index (χ2v) is 15.2. The van der Waals surface area contributed by atoms with E-state index >= 15 is 0 Å². The molecule has 0 unspecified atom stereocenters. The molecule has 0 spiro atoms. The van der Waals surface area contributed by atoms with Crippen LogP contribution in [0.4, 0.5) is 0 Å². The van der Waals surface area contributed by atoms with E-state index in [-0.39, 0.29) is 0 Å². The smallest absolute Gasteiger partial charge is 0.163 e. The van der Waals surface area contributed by atoms with Gasteiger partial charge in [-0.1, -0.05) is 72.8 Å². The molecule has 13 rings (SSSR count). The molecule has 0 bridgehead atoms. The van der Waals surface area contributed by atoms with E-state index in [0.29, 0.717) is 0 Å². The van der Waals surface area contributed by atoms with Gasteiger partial charge in [-0.2, -0.15) is 0 Å². The van der Waals surface area contributed by atoms with E-state index in [2.05, 4.69) is 141 Å². The van der Waals surface area contributed by atoms with Gasteiger partial charge in [0.1, 0.15) is 11.2 Å². The monoisotopic (exact) mass is 706 g/mol. The zero-order chi connectivity index (χ0) is 35.1. The Morgan fingerprint density at radius 1 is 0.426 bits per heavy atom. The van der Waals surface area contributed by atoms with Crippen LogP contribution in [-0.2, 0) is 0 Å². The molecule has 0 radical (unpaired) electrons. The fraction of sp³-hybridized carbons (Fsp3) is 0. The average molecular weight is 707 g/mol. The van der Waals surface area contributed by atoms with E-state index < -0.39 is 0 Å². The highest BCUT2D eigenvalue weighted by Crippen LogP contribution is 2.44. The van der Waals surface area contributed by atoms with E-state index in [1.54, 1.807) is 0 Å². The number of thiophene rings is 1. The number of hydrogen-bond acceptors (Lipinski definition) is 4. The Morgan fingerprint density at radius 2 is 1.15 bits per heavy atom. The van der Waals surface area contributed by atoms with Gasteiger partial charge in [0.15, 0.2) is 5.65 Å². The number of benzene rings is 6. The number of para-hydroxylation sites is 1. The van der Waals surface area contributed by atoms with Gasteiger partial charge < -0.3 is 4.57 Å². The second kappa shape index (κ2) is 10.3. The van der Waals surface area contributed by atoms with Crippen molar-refractivity contribution in [3.8, 4) is 16.8 Å². The van der Waals surface area contributed by atoms with Crippen molar-refractivity contribution in [1.29, 1.82) is 0 Å². The summed E-state index contributed by atoms with van der Waals surface area (Å²) in [5, 5.41) is 10.9. The zero-order valence-corrected chi connectivity index (χ0v) is 29.4. The van der Waals surface area contributed by atoms with Gasteiger partial charge in [-0.3, -0.25) is 13.8 Å². The summed E-state index contributed by atoms with van der Waals surface area (Å²) in [5.41, 5.74) is 10.9. The molecule has 7 heterocycles. The molecule has 0 aliphatic rings. The fourth-order valence-corrected chi connectivity index (χ4v) is 10.2. The quantitative estimate of drug-likeness (QED) is 0.168. The molecule has 0 atom stereocenters. The summed E-state index contributed by atoms with van der Waals surface area (Å²) in [6, 6.07) is 46.6. The van der Waals surface area contributed by atoms with Crippen molar-refractivity contribution < 1.29 is 0 Å². The molecule has 0 saturated heterocycles. The van der Waals surface area contributed by atoms with Crippen molar-refractivity contribution in [3.05, 3.63) is 158 Å². The predicted octanol–water partition coefficient (Wildman–Crippen LogP) is 12.1. The Hall–Kier alpha value is -7.09. The summed E-state index contributed by atoms with van der Waals surface area (Å²) >= 11 is 1.86. The van der Waals surface area contributed by atoms with Crippen molar-refractivity contribution >= 4 is 108 Å². The van der Waals surface area contributed by atoms with Crippen LogP contribution in [0.15, 0.2) is 158 Å². The lowest BCUT2D eigenvalue weighted by Crippen LogP contribution is -1.95. The van der Waals surface area contributed by atoms with Gasteiger partial charge in [-0.05, 0) is 71.1 Å². The summed E-state index contributed by atoms with van der Waals surface area (Å²) in [6.07, 6.45) is 9.79. The lowest BCUT2D eigenvalue weighted by atomic mass is 9.98. The second-order valence-electron chi connectivity index (χ2n) is 14.1. The maximum atomic E-state index is 4.83. The first kappa shape index (κ1) is 28.5. The number of aromatic nitrogens is 6. The minimum absolute atomic E-state index is 0.873. The first-order valence-corrected chi connectivity index (χ1v) is 18.9. The molecule has 0 aliphatic heterocycles. The first-order valence-electron chi connectivity index (χ1n) is 18.1. The van der Waals surface area contributed by atoms with Crippen LogP contribution in [0.25, 0.3) is 114 Å². The average Bonchev–Trinajstić information content (AvgIpc) is 4.05. The molecule has 54 heavy (non-hydrogen) atoms. The van der Waals surface area contributed by atoms with E-state index in [9.17, 15) is 0 Å². The molecule has 250 valence electrons. The Morgan fingerprint density at radius 3 is 2.07 bits per heavy atom. The summed E-state index contributed by atoms with van der Waals surface area (Å²) in [4.78, 5) is 14.4. The SMILES string of the molecule is c1ccc(-n2c3cc(-c4ccc5sc6ccc7c8ccccc8c8nccn8c7c6c5c4)ccc3c3c4c5cccnc5c5nccn5c4ccc32)cc1. The lowest BCUT2D eigenvalue weighted by Gasteiger charge is -2.11. The van der Waals surface area contributed by atoms with Crippen LogP contribution >= 0.6 is 11.3 Å². The third kappa shape index (κ3) is 3.61. The van der Waals surface area contributed by atoms with Crippen LogP contribution in [0.5, 0.6) is 0 Å². The molecule has 6 nitrogen and oxygen atoms in total. The zero-order valence-electron chi connectivity index (χ0n) is 28.6. The summed E-state index contributed by atoms with van der Waals surface area (Å²) in [7, 11) is 0. The Balaban J connectivity index is 1.12. The third-order valence-corrected chi connectivity index (χ3v) is 12.5. The lowest BCUT2D eigenvalue weighted by molar-refractivity contribution is 1.18. The van der Waals surface area contributed by atoms with E-state index in [0.717, 1.165) is 44.4 Å². The summed E-state index contributed by atoms with van der Waals surface area (Å²) in [6.45, 7) is 0. The van der Waals surface area contributed by atoms with Gasteiger partial charge >= 0.3 is 0 Å². The molecule has 7 heteroatoms. The maximum Gasteiger partial charge on any atom is 0.163 e. The fourth-order valence-electron chi connectivity index (χ4n) is 9.16. The highest BCUT2D eigenvalue weighted by atomic mass is 32.1. The molecular weight excluding hydrogens is 681 g/mol. The molecule has 0 saturated carbocycles. The van der Waals surface area contributed by atoms with Gasteiger partial charge in [0.25, 0.3) is 0 Å². The maximum absolute atomic E-state index is 4.83. The van der Waals surface area contributed by atoms with Crippen LogP contribution in [0, 0.1) is 0 Å². The molecule has 0 amide bonds. The minimum Gasteiger partial charge on any atom is -0.309 e. The standard InChI is InChI=1S/C47H26N6S/c1-2-7-29(8-3-1)53-37-17-16-36-42(34-11-6-20-48-44(34)47-50-21-23-51(36)47)41(37)33-14-12-28(26-38(33)53)27-13-18-39-35(25-27)43-40(54-39)19-15-31-30-9-4-5-10-32(30)46-49-22-24-52(46)45(31)43/h1-26H. The molecule has 7 aromatic heterocycles. The highest BCUT2D eigenvalue weighted by Gasteiger charge is 2.21. The molecule has 0 fully saturated rings. The first-order chi connectivity index (χ1) is 26.8. The van der Waals surface area contributed by atoms with Crippen molar-refractivity contribution in [2.75, 3.05) is 0 Å². The number of fused-ring (bicyclic) bond motifs is 20. The highest BCUT2D eigenvalue weighted by molar-refractivity contribution is 7.26. The van der Waals surface area contributed by atoms with E-state index in [1.807, 2.05) is 42.2 Å². The third-order valence-electron chi connectivity index (χ3n) is 11.4. The number of nitrogens with zero attached hydrogens (tertiary/aromatic N) is 6. The van der Waals surface area contributed by atoms with Gasteiger partial charge in [0.05, 0.1) is 22.1 Å². The van der Waals surface area contributed by atoms with Crippen LogP contribution in [0.1, 0.15) is 0 Å². The Labute approximate surface area is 310 Å². The van der Waals surface area contributed by atoms with Gasteiger partial charge in [-0.25, -0.2) is 9.97 Å². The molecule has 0 aliphatic carbocycles. The van der Waals surface area contributed by atoms with Crippen LogP contribution < -0.4 is 0 Å². The normalized spacial score (nSPS) is 12.4. The number of pyridine rings is 3. The largest absolute Gasteiger partial charge is 0.309 e. The van der Waals surface area contributed by atoms with Crippen molar-refractivity contribution in [2.24, 2.45) is 0 Å². The molecule has 0 N–H and O–H groups in total. The topological polar surface area (TPSA) is 52.4 Å².